The van der Waals surface area contributed by atoms with Crippen LogP contribution < -0.4 is 9.47 Å². The molecule has 0 aliphatic rings. The van der Waals surface area contributed by atoms with Gasteiger partial charge in [-0.2, -0.15) is 0 Å². The number of rotatable bonds is 3. The second-order valence-corrected chi connectivity index (χ2v) is 3.01. The van der Waals surface area contributed by atoms with Crippen molar-refractivity contribution >= 4 is 5.97 Å². The molecule has 0 saturated carbocycles. The van der Waals surface area contributed by atoms with Gasteiger partial charge in [0.1, 0.15) is 0 Å². The summed E-state index contributed by atoms with van der Waals surface area (Å²) in [6, 6.07) is 0.906. The number of hydrogen-bond donors (Lipinski definition) is 1. The average Bonchev–Trinajstić information content (AvgIpc) is 2.14. The lowest BCUT2D eigenvalue weighted by molar-refractivity contribution is -0.274. The Balaban J connectivity index is 3.28. The predicted octanol–water partition coefficient (Wildman–Crippen LogP) is 2.00. The Morgan fingerprint density at radius 3 is 2.47 bits per heavy atom. The highest BCUT2D eigenvalue weighted by atomic mass is 19.4. The lowest BCUT2D eigenvalue weighted by Crippen LogP contribution is -2.20. The van der Waals surface area contributed by atoms with Crippen LogP contribution in [0.2, 0.25) is 0 Å². The third-order valence-corrected chi connectivity index (χ3v) is 1.75. The standard InChI is InChI=1S/C9H8F3NO4/c1-4-3-5(17-9(10,11)12)6(8(14)15)13-7(4)16-2/h3H,1-2H3,(H,14,15). The second-order valence-electron chi connectivity index (χ2n) is 3.01. The molecule has 1 aromatic rings. The zero-order valence-electron chi connectivity index (χ0n) is 8.83. The van der Waals surface area contributed by atoms with E-state index in [4.69, 9.17) is 9.84 Å². The monoisotopic (exact) mass is 251 g/mol. The van der Waals surface area contributed by atoms with E-state index < -0.39 is 23.8 Å². The predicted molar refractivity (Wildman–Crippen MR) is 49.2 cm³/mol. The topological polar surface area (TPSA) is 68.7 Å². The van der Waals surface area contributed by atoms with Crippen molar-refractivity contribution in [2.45, 2.75) is 13.3 Å². The van der Waals surface area contributed by atoms with Crippen LogP contribution in [0.5, 0.6) is 11.6 Å². The summed E-state index contributed by atoms with van der Waals surface area (Å²) in [6.07, 6.45) is -4.98. The van der Waals surface area contributed by atoms with Gasteiger partial charge in [-0.15, -0.1) is 13.2 Å². The van der Waals surface area contributed by atoms with Crippen molar-refractivity contribution in [1.82, 2.24) is 4.98 Å². The number of hydrogen-bond acceptors (Lipinski definition) is 4. The zero-order valence-corrected chi connectivity index (χ0v) is 8.83. The van der Waals surface area contributed by atoms with E-state index >= 15 is 0 Å². The fraction of sp³-hybridized carbons (Fsp3) is 0.333. The molecule has 0 aliphatic heterocycles. The van der Waals surface area contributed by atoms with Crippen LogP contribution in [0.25, 0.3) is 0 Å². The van der Waals surface area contributed by atoms with Gasteiger partial charge in [0.2, 0.25) is 5.88 Å². The van der Waals surface area contributed by atoms with E-state index in [2.05, 4.69) is 9.72 Å². The molecule has 0 amide bonds. The summed E-state index contributed by atoms with van der Waals surface area (Å²) in [5.74, 6) is -2.58. The van der Waals surface area contributed by atoms with E-state index in [1.54, 1.807) is 0 Å². The first-order valence-electron chi connectivity index (χ1n) is 4.29. The molecule has 0 fully saturated rings. The van der Waals surface area contributed by atoms with E-state index in [1.807, 2.05) is 0 Å². The third-order valence-electron chi connectivity index (χ3n) is 1.75. The summed E-state index contributed by atoms with van der Waals surface area (Å²) in [7, 11) is 1.23. The molecule has 1 rings (SSSR count). The summed E-state index contributed by atoms with van der Waals surface area (Å²) >= 11 is 0. The molecule has 0 aliphatic carbocycles. The number of carboxylic acid groups (broad SMARTS) is 1. The largest absolute Gasteiger partial charge is 0.573 e. The number of methoxy groups -OCH3 is 1. The second kappa shape index (κ2) is 4.48. The number of aromatic nitrogens is 1. The quantitative estimate of drug-likeness (QED) is 0.889. The first kappa shape index (κ1) is 13.1. The van der Waals surface area contributed by atoms with Gasteiger partial charge >= 0.3 is 12.3 Å². The molecule has 0 atom stereocenters. The molecule has 1 aromatic heterocycles. The van der Waals surface area contributed by atoms with Crippen molar-refractivity contribution in [3.8, 4) is 11.6 Å². The highest BCUT2D eigenvalue weighted by Crippen LogP contribution is 2.29. The van der Waals surface area contributed by atoms with Crippen LogP contribution in [0.4, 0.5) is 13.2 Å². The van der Waals surface area contributed by atoms with Crippen LogP contribution in [0.15, 0.2) is 6.07 Å². The first-order chi connectivity index (χ1) is 7.74. The zero-order chi connectivity index (χ0) is 13.2. The smallest absolute Gasteiger partial charge is 0.481 e. The molecule has 0 bridgehead atoms. The molecule has 17 heavy (non-hydrogen) atoms. The molecular formula is C9H8F3NO4. The highest BCUT2D eigenvalue weighted by Gasteiger charge is 2.34. The SMILES string of the molecule is COc1nc(C(=O)O)c(OC(F)(F)F)cc1C. The highest BCUT2D eigenvalue weighted by molar-refractivity contribution is 5.88. The molecule has 1 heterocycles. The maximum atomic E-state index is 12.0. The van der Waals surface area contributed by atoms with E-state index in [0.29, 0.717) is 0 Å². The Bertz CT molecular complexity index is 445. The third kappa shape index (κ3) is 3.23. The van der Waals surface area contributed by atoms with E-state index in [0.717, 1.165) is 6.07 Å². The van der Waals surface area contributed by atoms with Gasteiger partial charge in [-0.1, -0.05) is 0 Å². The van der Waals surface area contributed by atoms with Crippen molar-refractivity contribution < 1.29 is 32.5 Å². The number of nitrogens with zero attached hydrogens (tertiary/aromatic N) is 1. The molecule has 94 valence electrons. The number of alkyl halides is 3. The van der Waals surface area contributed by atoms with Crippen LogP contribution in [-0.2, 0) is 0 Å². The number of aromatic carboxylic acids is 1. The van der Waals surface area contributed by atoms with Gasteiger partial charge in [0.25, 0.3) is 0 Å². The van der Waals surface area contributed by atoms with Crippen molar-refractivity contribution in [2.75, 3.05) is 7.11 Å². The van der Waals surface area contributed by atoms with Crippen LogP contribution in [0.3, 0.4) is 0 Å². The maximum Gasteiger partial charge on any atom is 0.573 e. The first-order valence-corrected chi connectivity index (χ1v) is 4.29. The minimum Gasteiger partial charge on any atom is -0.481 e. The Kier molecular flexibility index (Phi) is 3.45. The number of pyridine rings is 1. The lowest BCUT2D eigenvalue weighted by atomic mass is 10.2. The van der Waals surface area contributed by atoms with Crippen LogP contribution in [0.1, 0.15) is 16.1 Å². The molecule has 0 saturated heterocycles. The minimum absolute atomic E-state index is 0.0723. The van der Waals surface area contributed by atoms with Gasteiger partial charge in [0, 0.05) is 5.56 Å². The molecular weight excluding hydrogens is 243 g/mol. The number of halogens is 3. The van der Waals surface area contributed by atoms with E-state index in [-0.39, 0.29) is 11.4 Å². The number of aryl methyl sites for hydroxylation is 1. The summed E-state index contributed by atoms with van der Waals surface area (Å²) < 4.78 is 44.4. The van der Waals surface area contributed by atoms with Crippen molar-refractivity contribution in [2.24, 2.45) is 0 Å². The summed E-state index contributed by atoms with van der Waals surface area (Å²) in [5, 5.41) is 8.71. The maximum absolute atomic E-state index is 12.0. The fourth-order valence-electron chi connectivity index (χ4n) is 1.13. The number of carbonyl (C=O) groups is 1. The Morgan fingerprint density at radius 1 is 1.47 bits per heavy atom. The molecule has 8 heteroatoms. The molecule has 0 spiro atoms. The van der Waals surface area contributed by atoms with E-state index in [1.165, 1.54) is 14.0 Å². The van der Waals surface area contributed by atoms with Gasteiger partial charge in [0.05, 0.1) is 7.11 Å². The number of ether oxygens (including phenoxy) is 2. The molecule has 0 unspecified atom stereocenters. The fourth-order valence-corrected chi connectivity index (χ4v) is 1.13. The van der Waals surface area contributed by atoms with Gasteiger partial charge in [-0.25, -0.2) is 9.78 Å². The Labute approximate surface area is 93.8 Å². The van der Waals surface area contributed by atoms with Crippen molar-refractivity contribution in [3.63, 3.8) is 0 Å². The summed E-state index contributed by atoms with van der Waals surface area (Å²) in [4.78, 5) is 14.1. The minimum atomic E-state index is -4.98. The van der Waals surface area contributed by atoms with Gasteiger partial charge < -0.3 is 14.6 Å². The Morgan fingerprint density at radius 2 is 2.06 bits per heavy atom. The summed E-state index contributed by atoms with van der Waals surface area (Å²) in [5.41, 5.74) is -0.624. The molecule has 5 nitrogen and oxygen atoms in total. The van der Waals surface area contributed by atoms with Crippen molar-refractivity contribution in [3.05, 3.63) is 17.3 Å². The van der Waals surface area contributed by atoms with Crippen LogP contribution in [-0.4, -0.2) is 29.5 Å². The van der Waals surface area contributed by atoms with Crippen molar-refractivity contribution in [1.29, 1.82) is 0 Å². The normalized spacial score (nSPS) is 11.1. The molecule has 0 radical (unpaired) electrons. The molecule has 1 N–H and O–H groups in total. The lowest BCUT2D eigenvalue weighted by Gasteiger charge is -2.12. The van der Waals surface area contributed by atoms with Gasteiger partial charge in [-0.3, -0.25) is 0 Å². The van der Waals surface area contributed by atoms with Crippen LogP contribution >= 0.6 is 0 Å². The van der Waals surface area contributed by atoms with Gasteiger partial charge in [-0.05, 0) is 13.0 Å². The number of carboxylic acids is 1. The van der Waals surface area contributed by atoms with E-state index in [9.17, 15) is 18.0 Å². The average molecular weight is 251 g/mol. The van der Waals surface area contributed by atoms with Crippen LogP contribution in [0, 0.1) is 6.92 Å². The Hall–Kier alpha value is -1.99. The van der Waals surface area contributed by atoms with Gasteiger partial charge in [0.15, 0.2) is 11.4 Å². The summed E-state index contributed by atoms with van der Waals surface area (Å²) in [6.45, 7) is 1.42. The molecule has 0 aromatic carbocycles.